The Balaban J connectivity index is 1.62. The first-order valence-corrected chi connectivity index (χ1v) is 9.20. The number of hydrogen-bond acceptors (Lipinski definition) is 4. The van der Waals surface area contributed by atoms with Crippen molar-refractivity contribution in [3.63, 3.8) is 0 Å². The van der Waals surface area contributed by atoms with Gasteiger partial charge in [0, 0.05) is 45.5 Å². The zero-order chi connectivity index (χ0) is 18.8. The largest absolute Gasteiger partial charge is 0.355 e. The van der Waals surface area contributed by atoms with Gasteiger partial charge in [-0.25, -0.2) is 4.79 Å². The number of amides is 2. The molecule has 0 spiro atoms. The number of aryl methyl sites for hydroxylation is 3. The van der Waals surface area contributed by atoms with Crippen molar-refractivity contribution in [2.24, 2.45) is 14.1 Å². The quantitative estimate of drug-likeness (QED) is 0.878. The number of carbonyl (C=O) groups is 1. The van der Waals surface area contributed by atoms with E-state index in [2.05, 4.69) is 45.6 Å². The van der Waals surface area contributed by atoms with Crippen molar-refractivity contribution >= 4 is 17.5 Å². The molecule has 2 N–H and O–H groups in total. The number of nitrogens with one attached hydrogen (secondary N) is 2. The standard InChI is InChI=1S/C18H29N7O/c1-12(2)17-15(11-23(4)22-17)20-18(26)19-14-7-6-8-25(10-14)16-9-13(3)21-24(16)5/h9,11-12,14H,6-8,10H2,1-5H3,(H2,19,20,26). The molecule has 8 heteroatoms. The van der Waals surface area contributed by atoms with Crippen LogP contribution in [0.25, 0.3) is 0 Å². The highest BCUT2D eigenvalue weighted by Crippen LogP contribution is 2.23. The average molecular weight is 359 g/mol. The SMILES string of the molecule is Cc1cc(N2CCCC(NC(=O)Nc3cn(C)nc3C(C)C)C2)n(C)n1. The lowest BCUT2D eigenvalue weighted by atomic mass is 10.1. The molecule has 0 bridgehead atoms. The second-order valence-corrected chi connectivity index (χ2v) is 7.41. The second-order valence-electron chi connectivity index (χ2n) is 7.41. The molecule has 0 aromatic carbocycles. The summed E-state index contributed by atoms with van der Waals surface area (Å²) in [5, 5.41) is 14.9. The summed E-state index contributed by atoms with van der Waals surface area (Å²) >= 11 is 0. The predicted molar refractivity (Wildman–Crippen MR) is 103 cm³/mol. The van der Waals surface area contributed by atoms with Crippen LogP contribution in [0.2, 0.25) is 0 Å². The van der Waals surface area contributed by atoms with Gasteiger partial charge in [-0.15, -0.1) is 0 Å². The van der Waals surface area contributed by atoms with Crippen LogP contribution < -0.4 is 15.5 Å². The molecule has 0 aliphatic carbocycles. The number of hydrogen-bond donors (Lipinski definition) is 2. The Morgan fingerprint density at radius 1 is 1.31 bits per heavy atom. The van der Waals surface area contributed by atoms with E-state index in [1.165, 1.54) is 0 Å². The van der Waals surface area contributed by atoms with Gasteiger partial charge in [0.1, 0.15) is 5.82 Å². The lowest BCUT2D eigenvalue weighted by Crippen LogP contribution is -2.49. The highest BCUT2D eigenvalue weighted by Gasteiger charge is 2.24. The lowest BCUT2D eigenvalue weighted by Gasteiger charge is -2.34. The molecule has 142 valence electrons. The number of aromatic nitrogens is 4. The van der Waals surface area contributed by atoms with Crippen LogP contribution >= 0.6 is 0 Å². The fraction of sp³-hybridized carbons (Fsp3) is 0.611. The predicted octanol–water partition coefficient (Wildman–Crippen LogP) is 2.38. The molecule has 1 unspecified atom stereocenters. The van der Waals surface area contributed by atoms with Crippen LogP contribution in [0.5, 0.6) is 0 Å². The van der Waals surface area contributed by atoms with E-state index in [1.54, 1.807) is 4.68 Å². The summed E-state index contributed by atoms with van der Waals surface area (Å²) < 4.78 is 3.64. The number of rotatable bonds is 4. The van der Waals surface area contributed by atoms with E-state index in [9.17, 15) is 4.79 Å². The molecule has 8 nitrogen and oxygen atoms in total. The number of piperidine rings is 1. The zero-order valence-corrected chi connectivity index (χ0v) is 16.3. The molecule has 1 saturated heterocycles. The van der Waals surface area contributed by atoms with E-state index < -0.39 is 0 Å². The summed E-state index contributed by atoms with van der Waals surface area (Å²) in [6.07, 6.45) is 3.87. The summed E-state index contributed by atoms with van der Waals surface area (Å²) in [5.74, 6) is 1.36. The Bertz CT molecular complexity index is 777. The van der Waals surface area contributed by atoms with E-state index in [-0.39, 0.29) is 18.0 Å². The molecular formula is C18H29N7O. The van der Waals surface area contributed by atoms with E-state index in [0.29, 0.717) is 0 Å². The van der Waals surface area contributed by atoms with Crippen LogP contribution in [0.1, 0.15) is 44.0 Å². The first-order valence-electron chi connectivity index (χ1n) is 9.20. The van der Waals surface area contributed by atoms with Crippen LogP contribution in [0.3, 0.4) is 0 Å². The van der Waals surface area contributed by atoms with E-state index in [0.717, 1.165) is 48.8 Å². The number of urea groups is 1. The monoisotopic (exact) mass is 359 g/mol. The lowest BCUT2D eigenvalue weighted by molar-refractivity contribution is 0.246. The van der Waals surface area contributed by atoms with Gasteiger partial charge in [-0.3, -0.25) is 9.36 Å². The normalized spacial score (nSPS) is 17.6. The van der Waals surface area contributed by atoms with Crippen LogP contribution in [0.4, 0.5) is 16.3 Å². The molecule has 0 radical (unpaired) electrons. The van der Waals surface area contributed by atoms with Crippen LogP contribution in [0, 0.1) is 6.92 Å². The Kier molecular flexibility index (Phi) is 5.20. The Morgan fingerprint density at radius 3 is 2.73 bits per heavy atom. The maximum absolute atomic E-state index is 12.5. The minimum absolute atomic E-state index is 0.109. The van der Waals surface area contributed by atoms with Gasteiger partial charge in [0.05, 0.1) is 17.1 Å². The van der Waals surface area contributed by atoms with Gasteiger partial charge < -0.3 is 15.5 Å². The van der Waals surface area contributed by atoms with E-state index in [4.69, 9.17) is 0 Å². The number of nitrogens with zero attached hydrogens (tertiary/aromatic N) is 5. The molecule has 1 aliphatic heterocycles. The van der Waals surface area contributed by atoms with Crippen LogP contribution in [-0.4, -0.2) is 44.7 Å². The molecule has 0 saturated carbocycles. The minimum Gasteiger partial charge on any atom is -0.355 e. The summed E-state index contributed by atoms with van der Waals surface area (Å²) in [4.78, 5) is 14.8. The first kappa shape index (κ1) is 18.3. The molecule has 3 rings (SSSR count). The van der Waals surface area contributed by atoms with Gasteiger partial charge in [0.2, 0.25) is 0 Å². The van der Waals surface area contributed by atoms with E-state index >= 15 is 0 Å². The summed E-state index contributed by atoms with van der Waals surface area (Å²) in [6, 6.07) is 2.03. The molecule has 3 heterocycles. The first-order chi connectivity index (χ1) is 12.3. The fourth-order valence-electron chi connectivity index (χ4n) is 3.57. The Labute approximate surface area is 154 Å². The third-order valence-electron chi connectivity index (χ3n) is 4.71. The molecule has 2 amide bonds. The van der Waals surface area contributed by atoms with Crippen molar-refractivity contribution in [1.29, 1.82) is 0 Å². The van der Waals surface area contributed by atoms with E-state index in [1.807, 2.05) is 31.9 Å². The van der Waals surface area contributed by atoms with Gasteiger partial charge in [-0.2, -0.15) is 10.2 Å². The van der Waals surface area contributed by atoms with Crippen molar-refractivity contribution in [1.82, 2.24) is 24.9 Å². The molecule has 1 atom stereocenters. The average Bonchev–Trinajstić information content (AvgIpc) is 3.09. The Morgan fingerprint density at radius 2 is 2.08 bits per heavy atom. The smallest absolute Gasteiger partial charge is 0.319 e. The Hall–Kier alpha value is -2.51. The summed E-state index contributed by atoms with van der Waals surface area (Å²) in [7, 11) is 3.83. The molecular weight excluding hydrogens is 330 g/mol. The van der Waals surface area contributed by atoms with Crippen molar-refractivity contribution in [2.45, 2.75) is 45.6 Å². The highest BCUT2D eigenvalue weighted by atomic mass is 16.2. The van der Waals surface area contributed by atoms with Crippen molar-refractivity contribution in [3.8, 4) is 0 Å². The van der Waals surface area contributed by atoms with Crippen LogP contribution in [0.15, 0.2) is 12.3 Å². The van der Waals surface area contributed by atoms with Gasteiger partial charge in [0.25, 0.3) is 0 Å². The van der Waals surface area contributed by atoms with Gasteiger partial charge in [0.15, 0.2) is 0 Å². The van der Waals surface area contributed by atoms with Crippen molar-refractivity contribution < 1.29 is 4.79 Å². The van der Waals surface area contributed by atoms with Crippen molar-refractivity contribution in [3.05, 3.63) is 23.7 Å². The topological polar surface area (TPSA) is 80.0 Å². The fourth-order valence-corrected chi connectivity index (χ4v) is 3.57. The van der Waals surface area contributed by atoms with Crippen molar-refractivity contribution in [2.75, 3.05) is 23.3 Å². The highest BCUT2D eigenvalue weighted by molar-refractivity contribution is 5.90. The third-order valence-corrected chi connectivity index (χ3v) is 4.71. The van der Waals surface area contributed by atoms with Gasteiger partial charge >= 0.3 is 6.03 Å². The van der Waals surface area contributed by atoms with Crippen LogP contribution in [-0.2, 0) is 14.1 Å². The molecule has 2 aromatic rings. The zero-order valence-electron chi connectivity index (χ0n) is 16.3. The maximum Gasteiger partial charge on any atom is 0.319 e. The molecule has 26 heavy (non-hydrogen) atoms. The number of anilines is 2. The van der Waals surface area contributed by atoms with Gasteiger partial charge in [-0.05, 0) is 25.7 Å². The summed E-state index contributed by atoms with van der Waals surface area (Å²) in [6.45, 7) is 7.91. The molecule has 1 aliphatic rings. The minimum atomic E-state index is -0.173. The number of carbonyl (C=O) groups excluding carboxylic acids is 1. The summed E-state index contributed by atoms with van der Waals surface area (Å²) in [5.41, 5.74) is 2.68. The third kappa shape index (κ3) is 4.00. The second kappa shape index (κ2) is 7.39. The molecule has 2 aromatic heterocycles. The maximum atomic E-state index is 12.5. The molecule has 1 fully saturated rings. The van der Waals surface area contributed by atoms with Gasteiger partial charge in [-0.1, -0.05) is 13.8 Å².